The Morgan fingerprint density at radius 3 is 2.75 bits per heavy atom. The van der Waals surface area contributed by atoms with Crippen molar-refractivity contribution in [3.8, 4) is 0 Å². The molecule has 0 spiro atoms. The largest absolute Gasteiger partial charge is 0.480 e. The van der Waals surface area contributed by atoms with E-state index < -0.39 is 5.97 Å². The van der Waals surface area contributed by atoms with E-state index in [-0.39, 0.29) is 6.54 Å². The van der Waals surface area contributed by atoms with Crippen molar-refractivity contribution in [1.82, 2.24) is 4.98 Å². The Morgan fingerprint density at radius 1 is 1.35 bits per heavy atom. The zero-order valence-corrected chi connectivity index (χ0v) is 11.3. The van der Waals surface area contributed by atoms with Crippen LogP contribution in [0.4, 0.5) is 11.4 Å². The molecular formula is C15H17N3O2. The number of carboxylic acid groups (broad SMARTS) is 1. The number of hydrogen-bond donors (Lipinski definition) is 2. The third kappa shape index (κ3) is 3.47. The van der Waals surface area contributed by atoms with Crippen LogP contribution in [0.2, 0.25) is 0 Å². The van der Waals surface area contributed by atoms with Crippen LogP contribution in [0.3, 0.4) is 0 Å². The van der Waals surface area contributed by atoms with Crippen molar-refractivity contribution in [2.45, 2.75) is 13.5 Å². The predicted molar refractivity (Wildman–Crippen MR) is 78.5 cm³/mol. The second-order valence-electron chi connectivity index (χ2n) is 4.68. The van der Waals surface area contributed by atoms with Crippen LogP contribution in [0.25, 0.3) is 0 Å². The van der Waals surface area contributed by atoms with Crippen LogP contribution < -0.4 is 10.6 Å². The minimum absolute atomic E-state index is 0.109. The fourth-order valence-electron chi connectivity index (χ4n) is 2.09. The van der Waals surface area contributed by atoms with Gasteiger partial charge in [-0.3, -0.25) is 9.78 Å². The van der Waals surface area contributed by atoms with Crippen molar-refractivity contribution >= 4 is 17.3 Å². The SMILES string of the molecule is Cc1cncc(CN(CC(=O)O)c2ccccc2N)c1. The first-order valence-corrected chi connectivity index (χ1v) is 6.28. The topological polar surface area (TPSA) is 79.5 Å². The van der Waals surface area contributed by atoms with E-state index in [4.69, 9.17) is 10.8 Å². The molecule has 0 aliphatic rings. The summed E-state index contributed by atoms with van der Waals surface area (Å²) in [5, 5.41) is 9.07. The highest BCUT2D eigenvalue weighted by Gasteiger charge is 2.13. The summed E-state index contributed by atoms with van der Waals surface area (Å²) in [4.78, 5) is 16.9. The Morgan fingerprint density at radius 2 is 2.10 bits per heavy atom. The quantitative estimate of drug-likeness (QED) is 0.814. The fourth-order valence-corrected chi connectivity index (χ4v) is 2.09. The number of benzene rings is 1. The number of para-hydroxylation sites is 2. The first kappa shape index (κ1) is 13.9. The zero-order chi connectivity index (χ0) is 14.5. The molecule has 0 bridgehead atoms. The van der Waals surface area contributed by atoms with Crippen molar-refractivity contribution < 1.29 is 9.90 Å². The van der Waals surface area contributed by atoms with E-state index in [2.05, 4.69) is 4.98 Å². The Bertz CT molecular complexity index is 614. The number of nitrogens with two attached hydrogens (primary N) is 1. The number of carbonyl (C=O) groups is 1. The number of anilines is 2. The Hall–Kier alpha value is -2.56. The smallest absolute Gasteiger partial charge is 0.323 e. The summed E-state index contributed by atoms with van der Waals surface area (Å²) in [5.74, 6) is -0.895. The summed E-state index contributed by atoms with van der Waals surface area (Å²) < 4.78 is 0. The van der Waals surface area contributed by atoms with Gasteiger partial charge in [0.05, 0.1) is 11.4 Å². The van der Waals surface area contributed by atoms with Gasteiger partial charge in [0.2, 0.25) is 0 Å². The van der Waals surface area contributed by atoms with Crippen LogP contribution in [0, 0.1) is 6.92 Å². The minimum Gasteiger partial charge on any atom is -0.480 e. The van der Waals surface area contributed by atoms with E-state index in [0.717, 1.165) is 16.8 Å². The van der Waals surface area contributed by atoms with Gasteiger partial charge >= 0.3 is 5.97 Å². The van der Waals surface area contributed by atoms with Gasteiger partial charge in [0.1, 0.15) is 6.54 Å². The van der Waals surface area contributed by atoms with Gasteiger partial charge in [-0.15, -0.1) is 0 Å². The van der Waals surface area contributed by atoms with E-state index in [1.165, 1.54) is 0 Å². The van der Waals surface area contributed by atoms with E-state index in [1.807, 2.05) is 31.2 Å². The highest BCUT2D eigenvalue weighted by Crippen LogP contribution is 2.24. The van der Waals surface area contributed by atoms with Crippen LogP contribution >= 0.6 is 0 Å². The maximum absolute atomic E-state index is 11.1. The number of nitrogen functional groups attached to an aromatic ring is 1. The third-order valence-corrected chi connectivity index (χ3v) is 2.91. The normalized spacial score (nSPS) is 10.2. The first-order valence-electron chi connectivity index (χ1n) is 6.28. The number of carboxylic acids is 1. The van der Waals surface area contributed by atoms with Crippen molar-refractivity contribution in [2.75, 3.05) is 17.2 Å². The molecule has 20 heavy (non-hydrogen) atoms. The van der Waals surface area contributed by atoms with Crippen LogP contribution in [0.5, 0.6) is 0 Å². The van der Waals surface area contributed by atoms with Crippen LogP contribution in [0.15, 0.2) is 42.7 Å². The summed E-state index contributed by atoms with van der Waals surface area (Å²) in [6.07, 6.45) is 3.50. The van der Waals surface area contributed by atoms with Gasteiger partial charge in [-0.2, -0.15) is 0 Å². The van der Waals surface area contributed by atoms with Gasteiger partial charge in [0.25, 0.3) is 0 Å². The number of hydrogen-bond acceptors (Lipinski definition) is 4. The van der Waals surface area contributed by atoms with Gasteiger partial charge in [0, 0.05) is 18.9 Å². The maximum Gasteiger partial charge on any atom is 0.323 e. The van der Waals surface area contributed by atoms with Gasteiger partial charge in [-0.05, 0) is 30.2 Å². The predicted octanol–water partition coefficient (Wildman–Crippen LogP) is 2.06. The van der Waals surface area contributed by atoms with Crippen LogP contribution in [-0.4, -0.2) is 22.6 Å². The average molecular weight is 271 g/mol. The second-order valence-corrected chi connectivity index (χ2v) is 4.68. The summed E-state index contributed by atoms with van der Waals surface area (Å²) in [6.45, 7) is 2.30. The molecule has 0 unspecified atom stereocenters. The number of aryl methyl sites for hydroxylation is 1. The molecule has 0 saturated heterocycles. The number of aliphatic carboxylic acids is 1. The minimum atomic E-state index is -0.895. The van der Waals surface area contributed by atoms with Crippen molar-refractivity contribution in [2.24, 2.45) is 0 Å². The Labute approximate surface area is 117 Å². The standard InChI is InChI=1S/C15H17N3O2/c1-11-6-12(8-17-7-11)9-18(10-15(19)20)14-5-3-2-4-13(14)16/h2-8H,9-10,16H2,1H3,(H,19,20). The molecule has 2 aromatic rings. The third-order valence-electron chi connectivity index (χ3n) is 2.91. The van der Waals surface area contributed by atoms with Crippen molar-refractivity contribution in [3.63, 3.8) is 0 Å². The zero-order valence-electron chi connectivity index (χ0n) is 11.3. The molecule has 104 valence electrons. The lowest BCUT2D eigenvalue weighted by atomic mass is 10.2. The van der Waals surface area contributed by atoms with Gasteiger partial charge < -0.3 is 15.7 Å². The molecule has 0 atom stereocenters. The molecule has 0 saturated carbocycles. The number of nitrogens with zero attached hydrogens (tertiary/aromatic N) is 2. The molecule has 0 fully saturated rings. The van der Waals surface area contributed by atoms with Gasteiger partial charge in [0.15, 0.2) is 0 Å². The summed E-state index contributed by atoms with van der Waals surface area (Å²) in [6, 6.07) is 9.24. The average Bonchev–Trinajstić information content (AvgIpc) is 2.38. The molecule has 1 aromatic heterocycles. The Kier molecular flexibility index (Phi) is 4.20. The lowest BCUT2D eigenvalue weighted by Crippen LogP contribution is -2.29. The van der Waals surface area contributed by atoms with Gasteiger partial charge in [-0.1, -0.05) is 18.2 Å². The van der Waals surface area contributed by atoms with Crippen molar-refractivity contribution in [3.05, 3.63) is 53.9 Å². The molecule has 0 aliphatic heterocycles. The van der Waals surface area contributed by atoms with Crippen molar-refractivity contribution in [1.29, 1.82) is 0 Å². The number of pyridine rings is 1. The fraction of sp³-hybridized carbons (Fsp3) is 0.200. The first-order chi connectivity index (χ1) is 9.56. The highest BCUT2D eigenvalue weighted by molar-refractivity contribution is 5.77. The molecule has 5 heteroatoms. The monoisotopic (exact) mass is 271 g/mol. The molecule has 3 N–H and O–H groups in total. The lowest BCUT2D eigenvalue weighted by Gasteiger charge is -2.24. The van der Waals surface area contributed by atoms with E-state index in [9.17, 15) is 4.79 Å². The van der Waals surface area contributed by atoms with E-state index in [1.54, 1.807) is 23.4 Å². The summed E-state index contributed by atoms with van der Waals surface area (Å²) in [5.41, 5.74) is 9.21. The molecule has 1 aromatic carbocycles. The van der Waals surface area contributed by atoms with E-state index in [0.29, 0.717) is 12.2 Å². The lowest BCUT2D eigenvalue weighted by molar-refractivity contribution is -0.135. The molecule has 0 aliphatic carbocycles. The molecule has 0 radical (unpaired) electrons. The maximum atomic E-state index is 11.1. The summed E-state index contributed by atoms with van der Waals surface area (Å²) >= 11 is 0. The van der Waals surface area contributed by atoms with Crippen LogP contribution in [0.1, 0.15) is 11.1 Å². The highest BCUT2D eigenvalue weighted by atomic mass is 16.4. The molecular weight excluding hydrogens is 254 g/mol. The Balaban J connectivity index is 2.29. The number of rotatable bonds is 5. The molecule has 1 heterocycles. The summed E-state index contributed by atoms with van der Waals surface area (Å²) in [7, 11) is 0. The molecule has 0 amide bonds. The van der Waals surface area contributed by atoms with Crippen LogP contribution in [-0.2, 0) is 11.3 Å². The van der Waals surface area contributed by atoms with E-state index >= 15 is 0 Å². The molecule has 2 rings (SSSR count). The number of aromatic nitrogens is 1. The second kappa shape index (κ2) is 6.06. The van der Waals surface area contributed by atoms with Gasteiger partial charge in [-0.25, -0.2) is 0 Å². The molecule has 5 nitrogen and oxygen atoms in total.